The average Bonchev–Trinajstić information content (AvgIpc) is 3.40. The van der Waals surface area contributed by atoms with Crippen LogP contribution in [0.5, 0.6) is 0 Å². The normalized spacial score (nSPS) is 12.8. The number of aromatic nitrogens is 6. The summed E-state index contributed by atoms with van der Waals surface area (Å²) in [6.07, 6.45) is 3.31. The summed E-state index contributed by atoms with van der Waals surface area (Å²) < 4.78 is 2.87. The van der Waals surface area contributed by atoms with E-state index in [1.807, 2.05) is 25.1 Å². The Kier molecular flexibility index (Phi) is 6.86. The summed E-state index contributed by atoms with van der Waals surface area (Å²) in [4.78, 5) is 31.6. The first kappa shape index (κ1) is 22.4. The van der Waals surface area contributed by atoms with E-state index in [1.165, 1.54) is 9.36 Å². The molecule has 0 spiro atoms. The van der Waals surface area contributed by atoms with Gasteiger partial charge in [0.2, 0.25) is 5.82 Å². The molecule has 2 aromatic heterocycles. The number of aliphatic imine (C=N–C) groups is 1. The molecule has 0 unspecified atom stereocenters. The van der Waals surface area contributed by atoms with Gasteiger partial charge in [-0.2, -0.15) is 4.80 Å². The van der Waals surface area contributed by atoms with Gasteiger partial charge in [0.1, 0.15) is 11.0 Å². The maximum Gasteiger partial charge on any atom is 0.332 e. The van der Waals surface area contributed by atoms with E-state index >= 15 is 0 Å². The minimum absolute atomic E-state index is 0.274. The predicted octanol–water partition coefficient (Wildman–Crippen LogP) is 3.42. The van der Waals surface area contributed by atoms with Crippen molar-refractivity contribution in [3.63, 3.8) is 0 Å². The zero-order valence-corrected chi connectivity index (χ0v) is 19.2. The first-order chi connectivity index (χ1) is 15.5. The van der Waals surface area contributed by atoms with Gasteiger partial charge in [-0.25, -0.2) is 9.79 Å². The van der Waals surface area contributed by atoms with Crippen LogP contribution in [0, 0.1) is 0 Å². The van der Waals surface area contributed by atoms with Crippen molar-refractivity contribution in [2.45, 2.75) is 58.7 Å². The van der Waals surface area contributed by atoms with Crippen LogP contribution in [0.2, 0.25) is 5.02 Å². The van der Waals surface area contributed by atoms with Gasteiger partial charge in [-0.1, -0.05) is 48.7 Å². The predicted molar refractivity (Wildman–Crippen MR) is 124 cm³/mol. The zero-order valence-electron chi connectivity index (χ0n) is 17.7. The second-order valence-corrected chi connectivity index (χ2v) is 8.45. The molecule has 0 saturated heterocycles. The van der Waals surface area contributed by atoms with Crippen LogP contribution < -0.4 is 11.2 Å². The van der Waals surface area contributed by atoms with Gasteiger partial charge in [-0.3, -0.25) is 13.9 Å². The molecule has 0 fully saturated rings. The van der Waals surface area contributed by atoms with Crippen LogP contribution in [0.15, 0.2) is 38.8 Å². The quantitative estimate of drug-likeness (QED) is 0.441. The van der Waals surface area contributed by atoms with E-state index in [-0.39, 0.29) is 17.7 Å². The Bertz CT molecular complexity index is 1280. The van der Waals surface area contributed by atoms with Crippen LogP contribution in [0.1, 0.15) is 38.2 Å². The molecule has 3 aromatic rings. The van der Waals surface area contributed by atoms with E-state index < -0.39 is 0 Å². The third-order valence-corrected chi connectivity index (χ3v) is 5.88. The highest BCUT2D eigenvalue weighted by molar-refractivity contribution is 6.66. The molecule has 32 heavy (non-hydrogen) atoms. The van der Waals surface area contributed by atoms with Crippen molar-refractivity contribution in [1.29, 1.82) is 0 Å². The maximum atomic E-state index is 13.0. The summed E-state index contributed by atoms with van der Waals surface area (Å²) in [5, 5.41) is 13.4. The van der Waals surface area contributed by atoms with Crippen molar-refractivity contribution in [2.24, 2.45) is 4.99 Å². The molecule has 1 aliphatic heterocycles. The monoisotopic (exact) mass is 475 g/mol. The van der Waals surface area contributed by atoms with Gasteiger partial charge in [0.25, 0.3) is 5.56 Å². The van der Waals surface area contributed by atoms with Crippen LogP contribution in [-0.2, 0) is 26.1 Å². The van der Waals surface area contributed by atoms with E-state index in [0.717, 1.165) is 18.4 Å². The molecule has 0 radical (unpaired) electrons. The Morgan fingerprint density at radius 2 is 1.75 bits per heavy atom. The van der Waals surface area contributed by atoms with Crippen LogP contribution in [0.4, 0.5) is 5.82 Å². The number of hydrogen-bond donors (Lipinski definition) is 0. The molecule has 0 bridgehead atoms. The molecule has 1 aromatic carbocycles. The SMILES string of the molecule is CCCCn1c2c(c(=O)n(CCCCn3nnc(-c4ccccc4Cl)n3)c1=O)CC(Cl)=N2. The fourth-order valence-corrected chi connectivity index (χ4v) is 4.09. The molecular weight excluding hydrogens is 453 g/mol. The lowest BCUT2D eigenvalue weighted by Crippen LogP contribution is -2.41. The zero-order chi connectivity index (χ0) is 22.7. The number of fused-ring (bicyclic) bond motifs is 1. The van der Waals surface area contributed by atoms with Gasteiger partial charge in [-0.05, 0) is 36.6 Å². The Balaban J connectivity index is 1.44. The van der Waals surface area contributed by atoms with Gasteiger partial charge in [-0.15, -0.1) is 10.2 Å². The molecule has 0 saturated carbocycles. The van der Waals surface area contributed by atoms with Crippen molar-refractivity contribution in [1.82, 2.24) is 29.3 Å². The van der Waals surface area contributed by atoms with E-state index in [1.54, 1.807) is 10.6 Å². The number of benzene rings is 1. The van der Waals surface area contributed by atoms with Crippen molar-refractivity contribution in [3.05, 3.63) is 55.7 Å². The van der Waals surface area contributed by atoms with Crippen LogP contribution in [0.3, 0.4) is 0 Å². The minimum atomic E-state index is -0.336. The summed E-state index contributed by atoms with van der Waals surface area (Å²) in [6.45, 7) is 3.38. The standard InChI is InChI=1S/C21H23Cl2N7O2/c1-2-3-10-28-19-15(13-17(23)24-19)20(31)29(21(28)32)11-6-7-12-30-26-18(25-27-30)14-8-4-5-9-16(14)22/h4-5,8-9H,2-3,6-7,10-13H2,1H3. The van der Waals surface area contributed by atoms with E-state index in [9.17, 15) is 9.59 Å². The average molecular weight is 476 g/mol. The van der Waals surface area contributed by atoms with Crippen LogP contribution >= 0.6 is 23.2 Å². The third-order valence-electron chi connectivity index (χ3n) is 5.33. The molecule has 168 valence electrons. The van der Waals surface area contributed by atoms with E-state index in [0.29, 0.717) is 59.9 Å². The van der Waals surface area contributed by atoms with Gasteiger partial charge in [0.05, 0.1) is 17.1 Å². The molecule has 4 rings (SSSR count). The number of aryl methyl sites for hydroxylation is 1. The van der Waals surface area contributed by atoms with Crippen LogP contribution in [0.25, 0.3) is 11.4 Å². The molecule has 3 heterocycles. The smallest absolute Gasteiger partial charge is 0.278 e. The Morgan fingerprint density at radius 3 is 2.53 bits per heavy atom. The number of halogens is 2. The highest BCUT2D eigenvalue weighted by Gasteiger charge is 2.24. The lowest BCUT2D eigenvalue weighted by Gasteiger charge is -2.13. The molecule has 0 atom stereocenters. The minimum Gasteiger partial charge on any atom is -0.278 e. The number of unbranched alkanes of at least 4 members (excludes halogenated alkanes) is 2. The summed E-state index contributed by atoms with van der Waals surface area (Å²) in [5.74, 6) is 0.870. The molecule has 9 nitrogen and oxygen atoms in total. The molecule has 0 aliphatic carbocycles. The second kappa shape index (κ2) is 9.79. The Hall–Kier alpha value is -2.78. The lowest BCUT2D eigenvalue weighted by molar-refractivity contribution is 0.454. The fraction of sp³-hybridized carbons (Fsp3) is 0.429. The number of rotatable bonds is 9. The van der Waals surface area contributed by atoms with Crippen molar-refractivity contribution >= 4 is 34.2 Å². The van der Waals surface area contributed by atoms with Gasteiger partial charge in [0, 0.05) is 25.1 Å². The number of hydrogen-bond acceptors (Lipinski definition) is 6. The summed E-state index contributed by atoms with van der Waals surface area (Å²) in [5.41, 5.74) is 0.570. The van der Waals surface area contributed by atoms with Crippen LogP contribution in [-0.4, -0.2) is 34.5 Å². The molecule has 11 heteroatoms. The Labute approximate surface area is 194 Å². The number of nitrogens with zero attached hydrogens (tertiary/aromatic N) is 7. The van der Waals surface area contributed by atoms with Crippen molar-refractivity contribution < 1.29 is 0 Å². The summed E-state index contributed by atoms with van der Waals surface area (Å²) in [7, 11) is 0. The fourth-order valence-electron chi connectivity index (χ4n) is 3.65. The van der Waals surface area contributed by atoms with Gasteiger partial charge in [0.15, 0.2) is 0 Å². The van der Waals surface area contributed by atoms with E-state index in [4.69, 9.17) is 23.2 Å². The molecule has 0 amide bonds. The first-order valence-corrected chi connectivity index (χ1v) is 11.4. The van der Waals surface area contributed by atoms with E-state index in [2.05, 4.69) is 20.4 Å². The molecule has 0 N–H and O–H groups in total. The van der Waals surface area contributed by atoms with Gasteiger partial charge < -0.3 is 0 Å². The Morgan fingerprint density at radius 1 is 1.00 bits per heavy atom. The first-order valence-electron chi connectivity index (χ1n) is 10.6. The highest BCUT2D eigenvalue weighted by atomic mass is 35.5. The molecule has 1 aliphatic rings. The second-order valence-electron chi connectivity index (χ2n) is 7.61. The van der Waals surface area contributed by atoms with Gasteiger partial charge >= 0.3 is 5.69 Å². The number of tetrazole rings is 1. The maximum absolute atomic E-state index is 13.0. The third kappa shape index (κ3) is 4.54. The largest absolute Gasteiger partial charge is 0.332 e. The topological polar surface area (TPSA) is 100.0 Å². The summed E-state index contributed by atoms with van der Waals surface area (Å²) in [6, 6.07) is 7.32. The lowest BCUT2D eigenvalue weighted by atomic mass is 10.2. The highest BCUT2D eigenvalue weighted by Crippen LogP contribution is 2.25. The molecular formula is C21H23Cl2N7O2. The van der Waals surface area contributed by atoms with Crippen molar-refractivity contribution in [2.75, 3.05) is 0 Å². The summed E-state index contributed by atoms with van der Waals surface area (Å²) >= 11 is 12.3. The van der Waals surface area contributed by atoms with Crippen molar-refractivity contribution in [3.8, 4) is 11.4 Å².